The SMILES string of the molecule is CC(=O)C1=Cc2ccc(S(=O)[O-])cc2N=C(N)C1. The van der Waals surface area contributed by atoms with Crippen LogP contribution in [-0.4, -0.2) is 20.4 Å². The summed E-state index contributed by atoms with van der Waals surface area (Å²) in [6.07, 6.45) is 1.97. The molecule has 0 saturated heterocycles. The summed E-state index contributed by atoms with van der Waals surface area (Å²) < 4.78 is 21.8. The molecular weight excluding hydrogens is 252 g/mol. The van der Waals surface area contributed by atoms with Crippen molar-refractivity contribution < 1.29 is 13.6 Å². The van der Waals surface area contributed by atoms with Gasteiger partial charge in [-0.3, -0.25) is 9.00 Å². The Bertz CT molecular complexity index is 605. The molecule has 1 atom stereocenters. The molecule has 1 unspecified atom stereocenters. The van der Waals surface area contributed by atoms with Gasteiger partial charge in [-0.25, -0.2) is 4.99 Å². The molecule has 0 aliphatic carbocycles. The van der Waals surface area contributed by atoms with Crippen molar-refractivity contribution in [1.82, 2.24) is 0 Å². The van der Waals surface area contributed by atoms with Crippen LogP contribution in [0.5, 0.6) is 0 Å². The molecule has 6 heteroatoms. The molecule has 0 bridgehead atoms. The van der Waals surface area contributed by atoms with E-state index in [2.05, 4.69) is 4.99 Å². The number of hydrogen-bond donors (Lipinski definition) is 1. The minimum absolute atomic E-state index is 0.0718. The molecule has 1 aliphatic heterocycles. The summed E-state index contributed by atoms with van der Waals surface area (Å²) in [7, 11) is 0. The van der Waals surface area contributed by atoms with E-state index in [9.17, 15) is 13.6 Å². The van der Waals surface area contributed by atoms with E-state index in [1.165, 1.54) is 19.1 Å². The normalized spacial score (nSPS) is 16.1. The Kier molecular flexibility index (Phi) is 3.40. The molecule has 5 nitrogen and oxygen atoms in total. The van der Waals surface area contributed by atoms with Gasteiger partial charge in [0.2, 0.25) is 0 Å². The molecule has 1 aromatic carbocycles. The van der Waals surface area contributed by atoms with Crippen molar-refractivity contribution >= 4 is 34.5 Å². The standard InChI is InChI=1S/C12H12N2O3S/c1-7(15)9-4-8-2-3-10(18(16)17)6-11(8)14-12(13)5-9/h2-4,6H,5H2,1H3,(H2,13,14)(H,16,17)/p-1. The highest BCUT2D eigenvalue weighted by Crippen LogP contribution is 2.28. The van der Waals surface area contributed by atoms with Crippen molar-refractivity contribution in [2.24, 2.45) is 10.7 Å². The highest BCUT2D eigenvalue weighted by Gasteiger charge is 2.13. The van der Waals surface area contributed by atoms with E-state index in [-0.39, 0.29) is 17.1 Å². The van der Waals surface area contributed by atoms with Crippen LogP contribution in [0.4, 0.5) is 5.69 Å². The monoisotopic (exact) mass is 263 g/mol. The van der Waals surface area contributed by atoms with Gasteiger partial charge in [-0.05, 0) is 36.2 Å². The third-order valence-corrected chi connectivity index (χ3v) is 3.25. The van der Waals surface area contributed by atoms with E-state index >= 15 is 0 Å². The number of fused-ring (bicyclic) bond motifs is 1. The zero-order valence-electron chi connectivity index (χ0n) is 9.67. The van der Waals surface area contributed by atoms with Crippen LogP contribution in [0.1, 0.15) is 18.9 Å². The van der Waals surface area contributed by atoms with Crippen LogP contribution in [0.25, 0.3) is 6.08 Å². The van der Waals surface area contributed by atoms with Crippen molar-refractivity contribution in [1.29, 1.82) is 0 Å². The van der Waals surface area contributed by atoms with Crippen LogP contribution in [0.3, 0.4) is 0 Å². The number of benzene rings is 1. The van der Waals surface area contributed by atoms with Gasteiger partial charge in [0.05, 0.1) is 5.69 Å². The number of hydrogen-bond acceptors (Lipinski definition) is 5. The summed E-state index contributed by atoms with van der Waals surface area (Å²) >= 11 is -2.31. The van der Waals surface area contributed by atoms with Crippen LogP contribution < -0.4 is 5.73 Å². The fourth-order valence-corrected chi connectivity index (χ4v) is 2.09. The van der Waals surface area contributed by atoms with Crippen molar-refractivity contribution in [2.75, 3.05) is 0 Å². The van der Waals surface area contributed by atoms with Crippen molar-refractivity contribution in [3.63, 3.8) is 0 Å². The van der Waals surface area contributed by atoms with Crippen molar-refractivity contribution in [2.45, 2.75) is 18.2 Å². The molecule has 0 fully saturated rings. The zero-order chi connectivity index (χ0) is 13.3. The number of nitrogens with zero attached hydrogens (tertiary/aromatic N) is 1. The second-order valence-corrected chi connectivity index (χ2v) is 4.90. The predicted octanol–water partition coefficient (Wildman–Crippen LogP) is 1.29. The molecule has 1 aliphatic rings. The van der Waals surface area contributed by atoms with Gasteiger partial charge in [0.15, 0.2) is 5.78 Å². The molecule has 1 aromatic rings. The Morgan fingerprint density at radius 1 is 1.50 bits per heavy atom. The van der Waals surface area contributed by atoms with Gasteiger partial charge in [-0.2, -0.15) is 0 Å². The number of nitrogens with two attached hydrogens (primary N) is 1. The topological polar surface area (TPSA) is 95.6 Å². The van der Waals surface area contributed by atoms with Gasteiger partial charge >= 0.3 is 0 Å². The first-order chi connectivity index (χ1) is 8.47. The number of carbonyl (C=O) groups is 1. The van der Waals surface area contributed by atoms with E-state index in [4.69, 9.17) is 5.73 Å². The first kappa shape index (κ1) is 12.7. The summed E-state index contributed by atoms with van der Waals surface area (Å²) in [4.78, 5) is 15.7. The van der Waals surface area contributed by atoms with E-state index in [0.717, 1.165) is 0 Å². The Hall–Kier alpha value is -1.79. The molecular formula is C12H11N2O3S-. The number of Topliss-reactive ketones (excluding diaryl/α,β-unsaturated/α-hetero) is 1. The lowest BCUT2D eigenvalue weighted by atomic mass is 10.0. The van der Waals surface area contributed by atoms with E-state index in [1.54, 1.807) is 12.1 Å². The van der Waals surface area contributed by atoms with Crippen LogP contribution in [0.2, 0.25) is 0 Å². The fourth-order valence-electron chi connectivity index (χ4n) is 1.70. The number of ketones is 1. The Morgan fingerprint density at radius 3 is 2.83 bits per heavy atom. The minimum Gasteiger partial charge on any atom is -0.768 e. The molecule has 0 aromatic heterocycles. The lowest BCUT2D eigenvalue weighted by Gasteiger charge is -2.07. The maximum absolute atomic E-state index is 11.4. The quantitative estimate of drug-likeness (QED) is 0.813. The number of rotatable bonds is 2. The van der Waals surface area contributed by atoms with Gasteiger partial charge in [0, 0.05) is 22.5 Å². The number of aliphatic imine (C=N–C) groups is 1. The summed E-state index contributed by atoms with van der Waals surface area (Å²) in [6, 6.07) is 4.52. The Labute approximate surface area is 107 Å². The van der Waals surface area contributed by atoms with Crippen LogP contribution >= 0.6 is 0 Å². The van der Waals surface area contributed by atoms with Gasteiger partial charge < -0.3 is 10.3 Å². The maximum Gasteiger partial charge on any atom is 0.156 e. The Balaban J connectivity index is 2.59. The molecule has 0 amide bonds. The largest absolute Gasteiger partial charge is 0.768 e. The van der Waals surface area contributed by atoms with Crippen molar-refractivity contribution in [3.05, 3.63) is 29.3 Å². The highest BCUT2D eigenvalue weighted by molar-refractivity contribution is 7.79. The molecule has 1 heterocycles. The van der Waals surface area contributed by atoms with Gasteiger partial charge in [0.1, 0.15) is 5.84 Å². The first-order valence-electron chi connectivity index (χ1n) is 5.25. The molecule has 0 saturated carbocycles. The van der Waals surface area contributed by atoms with E-state index in [1.807, 2.05) is 0 Å². The highest BCUT2D eigenvalue weighted by atomic mass is 32.2. The second-order valence-electron chi connectivity index (χ2n) is 3.96. The van der Waals surface area contributed by atoms with Crippen LogP contribution in [0.15, 0.2) is 33.7 Å². The third-order valence-electron chi connectivity index (χ3n) is 2.61. The fraction of sp³-hybridized carbons (Fsp3) is 0.167. The second kappa shape index (κ2) is 4.83. The molecule has 0 spiro atoms. The van der Waals surface area contributed by atoms with Crippen molar-refractivity contribution in [3.8, 4) is 0 Å². The maximum atomic E-state index is 11.4. The van der Waals surface area contributed by atoms with Crippen LogP contribution in [0, 0.1) is 0 Å². The lowest BCUT2D eigenvalue weighted by Crippen LogP contribution is -2.13. The Morgan fingerprint density at radius 2 is 2.22 bits per heavy atom. The average molecular weight is 263 g/mol. The summed E-state index contributed by atoms with van der Waals surface area (Å²) in [5, 5.41) is 0. The van der Waals surface area contributed by atoms with E-state index < -0.39 is 11.1 Å². The lowest BCUT2D eigenvalue weighted by molar-refractivity contribution is -0.113. The van der Waals surface area contributed by atoms with Gasteiger partial charge in [-0.15, -0.1) is 0 Å². The molecule has 2 N–H and O–H groups in total. The minimum atomic E-state index is -2.31. The van der Waals surface area contributed by atoms with Gasteiger partial charge in [-0.1, -0.05) is 6.07 Å². The summed E-state index contributed by atoms with van der Waals surface area (Å²) in [6.45, 7) is 1.46. The van der Waals surface area contributed by atoms with Crippen LogP contribution in [-0.2, 0) is 15.9 Å². The average Bonchev–Trinajstić information content (AvgIpc) is 2.45. The van der Waals surface area contributed by atoms with Gasteiger partial charge in [0.25, 0.3) is 0 Å². The predicted molar refractivity (Wildman–Crippen MR) is 68.2 cm³/mol. The summed E-state index contributed by atoms with van der Waals surface area (Å²) in [5.41, 5.74) is 7.42. The molecule has 0 radical (unpaired) electrons. The third kappa shape index (κ3) is 2.55. The zero-order valence-corrected chi connectivity index (χ0v) is 10.5. The smallest absolute Gasteiger partial charge is 0.156 e. The van der Waals surface area contributed by atoms with E-state index in [0.29, 0.717) is 22.7 Å². The number of amidine groups is 1. The number of carbonyl (C=O) groups excluding carboxylic acids is 1. The molecule has 18 heavy (non-hydrogen) atoms. The molecule has 94 valence electrons. The molecule has 2 rings (SSSR count). The summed E-state index contributed by atoms with van der Waals surface area (Å²) in [5.74, 6) is 0.224. The first-order valence-corrected chi connectivity index (χ1v) is 6.32.